The number of benzene rings is 1. The first-order valence-corrected chi connectivity index (χ1v) is 4.96. The summed E-state index contributed by atoms with van der Waals surface area (Å²) >= 11 is 0. The topological polar surface area (TPSA) is 55.6 Å². The van der Waals surface area contributed by atoms with Gasteiger partial charge in [0.1, 0.15) is 12.4 Å². The average Bonchev–Trinajstić information content (AvgIpc) is 2.26. The van der Waals surface area contributed by atoms with Gasteiger partial charge in [0.2, 0.25) is 5.91 Å². The zero-order chi connectivity index (χ0) is 10.8. The molecular weight excluding hydrogens is 228 g/mol. The number of fused-ring (bicyclic) bond motifs is 1. The largest absolute Gasteiger partial charge is 0.490 e. The van der Waals surface area contributed by atoms with Crippen molar-refractivity contribution in [1.29, 1.82) is 0 Å². The molecule has 0 saturated heterocycles. The third-order valence-corrected chi connectivity index (χ3v) is 2.45. The van der Waals surface area contributed by atoms with E-state index in [4.69, 9.17) is 10.5 Å². The molecule has 1 aliphatic heterocycles. The number of halogens is 1. The summed E-state index contributed by atoms with van der Waals surface area (Å²) in [5.74, 6) is 0.700. The number of nitrogens with two attached hydrogens (primary N) is 1. The third-order valence-electron chi connectivity index (χ3n) is 2.45. The SMILES string of the molecule is Cc1ccc2c(c1)OCCN2C(=O)CN.Cl. The number of hydrogen-bond acceptors (Lipinski definition) is 3. The van der Waals surface area contributed by atoms with Crippen LogP contribution in [0.4, 0.5) is 5.69 Å². The normalized spacial score (nSPS) is 13.5. The second kappa shape index (κ2) is 5.18. The Morgan fingerprint density at radius 3 is 3.00 bits per heavy atom. The highest BCUT2D eigenvalue weighted by Gasteiger charge is 2.22. The molecule has 1 aromatic carbocycles. The standard InChI is InChI=1S/C11H14N2O2.ClH/c1-8-2-3-9-10(6-8)15-5-4-13(9)11(14)7-12;/h2-3,6H,4-5,7,12H2,1H3;1H. The van der Waals surface area contributed by atoms with Crippen LogP contribution in [0.5, 0.6) is 5.75 Å². The van der Waals surface area contributed by atoms with Gasteiger partial charge in [-0.15, -0.1) is 12.4 Å². The van der Waals surface area contributed by atoms with Gasteiger partial charge in [-0.2, -0.15) is 0 Å². The zero-order valence-electron chi connectivity index (χ0n) is 9.10. The lowest BCUT2D eigenvalue weighted by Crippen LogP contribution is -2.41. The summed E-state index contributed by atoms with van der Waals surface area (Å²) in [4.78, 5) is 13.2. The molecule has 1 aromatic rings. The van der Waals surface area contributed by atoms with Crippen molar-refractivity contribution in [2.24, 2.45) is 5.73 Å². The summed E-state index contributed by atoms with van der Waals surface area (Å²) in [6.07, 6.45) is 0. The minimum atomic E-state index is -0.0663. The van der Waals surface area contributed by atoms with Crippen LogP contribution in [0.15, 0.2) is 18.2 Å². The first kappa shape index (κ1) is 12.8. The van der Waals surface area contributed by atoms with E-state index in [-0.39, 0.29) is 24.9 Å². The highest BCUT2D eigenvalue weighted by atomic mass is 35.5. The van der Waals surface area contributed by atoms with E-state index < -0.39 is 0 Å². The van der Waals surface area contributed by atoms with Crippen LogP contribution in [0.25, 0.3) is 0 Å². The fraction of sp³-hybridized carbons (Fsp3) is 0.364. The summed E-state index contributed by atoms with van der Waals surface area (Å²) < 4.78 is 5.49. The molecule has 1 heterocycles. The molecule has 0 aromatic heterocycles. The van der Waals surface area contributed by atoms with Gasteiger partial charge in [-0.3, -0.25) is 4.79 Å². The fourth-order valence-electron chi connectivity index (χ4n) is 1.70. The highest BCUT2D eigenvalue weighted by Crippen LogP contribution is 2.32. The molecular formula is C11H15ClN2O2. The Morgan fingerprint density at radius 1 is 1.56 bits per heavy atom. The predicted octanol–water partition coefficient (Wildman–Crippen LogP) is 1.10. The van der Waals surface area contributed by atoms with Crippen LogP contribution in [0.2, 0.25) is 0 Å². The van der Waals surface area contributed by atoms with Gasteiger partial charge in [0.15, 0.2) is 0 Å². The van der Waals surface area contributed by atoms with Crippen LogP contribution in [0.3, 0.4) is 0 Å². The highest BCUT2D eigenvalue weighted by molar-refractivity contribution is 5.96. The number of carbonyl (C=O) groups excluding carboxylic acids is 1. The second-order valence-corrected chi connectivity index (χ2v) is 3.57. The summed E-state index contributed by atoms with van der Waals surface area (Å²) in [7, 11) is 0. The molecule has 0 saturated carbocycles. The average molecular weight is 243 g/mol. The van der Waals surface area contributed by atoms with Gasteiger partial charge in [0.05, 0.1) is 18.8 Å². The van der Waals surface area contributed by atoms with Gasteiger partial charge >= 0.3 is 0 Å². The van der Waals surface area contributed by atoms with Crippen molar-refractivity contribution in [2.45, 2.75) is 6.92 Å². The Kier molecular flexibility index (Phi) is 4.15. The molecule has 0 unspecified atom stereocenters. The van der Waals surface area contributed by atoms with Crippen LogP contribution >= 0.6 is 12.4 Å². The number of rotatable bonds is 1. The van der Waals surface area contributed by atoms with E-state index in [1.54, 1.807) is 4.90 Å². The molecule has 5 heteroatoms. The maximum atomic E-state index is 11.6. The van der Waals surface area contributed by atoms with Crippen molar-refractivity contribution >= 4 is 24.0 Å². The quantitative estimate of drug-likeness (QED) is 0.803. The minimum Gasteiger partial charge on any atom is -0.490 e. The Hall–Kier alpha value is -1.26. The van der Waals surface area contributed by atoms with Crippen molar-refractivity contribution in [3.05, 3.63) is 23.8 Å². The molecule has 2 rings (SSSR count). The van der Waals surface area contributed by atoms with E-state index in [0.717, 1.165) is 17.0 Å². The van der Waals surface area contributed by atoms with Crippen molar-refractivity contribution in [1.82, 2.24) is 0 Å². The molecule has 2 N–H and O–H groups in total. The number of aryl methyl sites for hydroxylation is 1. The summed E-state index contributed by atoms with van der Waals surface area (Å²) in [6.45, 7) is 3.13. The van der Waals surface area contributed by atoms with E-state index in [1.807, 2.05) is 25.1 Å². The minimum absolute atomic E-state index is 0. The molecule has 88 valence electrons. The van der Waals surface area contributed by atoms with E-state index in [0.29, 0.717) is 13.2 Å². The number of ether oxygens (including phenoxy) is 1. The predicted molar refractivity (Wildman–Crippen MR) is 65.3 cm³/mol. The number of amides is 1. The maximum Gasteiger partial charge on any atom is 0.240 e. The van der Waals surface area contributed by atoms with Crippen molar-refractivity contribution in [3.8, 4) is 5.75 Å². The summed E-state index contributed by atoms with van der Waals surface area (Å²) in [5, 5.41) is 0. The molecule has 0 atom stereocenters. The van der Waals surface area contributed by atoms with Crippen molar-refractivity contribution in [3.63, 3.8) is 0 Å². The van der Waals surface area contributed by atoms with Gasteiger partial charge in [-0.05, 0) is 24.6 Å². The van der Waals surface area contributed by atoms with Gasteiger partial charge < -0.3 is 15.4 Å². The molecule has 0 radical (unpaired) electrons. The molecule has 1 aliphatic rings. The number of nitrogens with zero attached hydrogens (tertiary/aromatic N) is 1. The lowest BCUT2D eigenvalue weighted by molar-refractivity contribution is -0.117. The number of carbonyl (C=O) groups is 1. The van der Waals surface area contributed by atoms with Crippen LogP contribution < -0.4 is 15.4 Å². The monoisotopic (exact) mass is 242 g/mol. The second-order valence-electron chi connectivity index (χ2n) is 3.57. The van der Waals surface area contributed by atoms with Gasteiger partial charge in [0, 0.05) is 0 Å². The Morgan fingerprint density at radius 2 is 2.31 bits per heavy atom. The molecule has 0 bridgehead atoms. The Labute approximate surface area is 101 Å². The van der Waals surface area contributed by atoms with Crippen LogP contribution in [-0.2, 0) is 4.79 Å². The molecule has 0 spiro atoms. The Bertz CT molecular complexity index is 396. The number of anilines is 1. The van der Waals surface area contributed by atoms with Crippen LogP contribution in [0, 0.1) is 6.92 Å². The van der Waals surface area contributed by atoms with Gasteiger partial charge in [-0.1, -0.05) is 6.07 Å². The zero-order valence-corrected chi connectivity index (χ0v) is 9.92. The summed E-state index contributed by atoms with van der Waals surface area (Å²) in [6, 6.07) is 5.80. The third kappa shape index (κ3) is 2.28. The lowest BCUT2D eigenvalue weighted by atomic mass is 10.1. The van der Waals surface area contributed by atoms with E-state index in [1.165, 1.54) is 0 Å². The Balaban J connectivity index is 0.00000128. The molecule has 4 nitrogen and oxygen atoms in total. The number of hydrogen-bond donors (Lipinski definition) is 1. The van der Waals surface area contributed by atoms with Gasteiger partial charge in [0.25, 0.3) is 0 Å². The van der Waals surface area contributed by atoms with Crippen LogP contribution in [0.1, 0.15) is 5.56 Å². The van der Waals surface area contributed by atoms with Crippen molar-refractivity contribution in [2.75, 3.05) is 24.6 Å². The smallest absolute Gasteiger partial charge is 0.240 e. The maximum absolute atomic E-state index is 11.6. The molecule has 16 heavy (non-hydrogen) atoms. The lowest BCUT2D eigenvalue weighted by Gasteiger charge is -2.29. The first-order chi connectivity index (χ1) is 7.22. The van der Waals surface area contributed by atoms with Crippen molar-refractivity contribution < 1.29 is 9.53 Å². The fourth-order valence-corrected chi connectivity index (χ4v) is 1.70. The van der Waals surface area contributed by atoms with Crippen LogP contribution in [-0.4, -0.2) is 25.6 Å². The van der Waals surface area contributed by atoms with Gasteiger partial charge in [-0.25, -0.2) is 0 Å². The van der Waals surface area contributed by atoms with E-state index in [2.05, 4.69) is 0 Å². The molecule has 0 aliphatic carbocycles. The van der Waals surface area contributed by atoms with E-state index >= 15 is 0 Å². The van der Waals surface area contributed by atoms with E-state index in [9.17, 15) is 4.79 Å². The molecule has 0 fully saturated rings. The summed E-state index contributed by atoms with van der Waals surface area (Å²) in [5.41, 5.74) is 7.30. The first-order valence-electron chi connectivity index (χ1n) is 4.96. The molecule has 1 amide bonds.